The van der Waals surface area contributed by atoms with E-state index in [0.29, 0.717) is 28.2 Å². The second kappa shape index (κ2) is 6.74. The quantitative estimate of drug-likeness (QED) is 0.766. The maximum absolute atomic E-state index is 12.3. The van der Waals surface area contributed by atoms with Gasteiger partial charge in [0.2, 0.25) is 0 Å². The lowest BCUT2D eigenvalue weighted by Gasteiger charge is -2.30. The SMILES string of the molecule is CN(CC(=O)c1ccc(Cl)cc1Cl)C1CCCCC1. The Morgan fingerprint density at radius 3 is 2.58 bits per heavy atom. The number of halogens is 2. The molecule has 0 aromatic heterocycles. The molecule has 0 bridgehead atoms. The van der Waals surface area contributed by atoms with Gasteiger partial charge in [-0.05, 0) is 38.1 Å². The van der Waals surface area contributed by atoms with E-state index in [9.17, 15) is 4.79 Å². The van der Waals surface area contributed by atoms with E-state index in [1.807, 2.05) is 7.05 Å². The fourth-order valence-corrected chi connectivity index (χ4v) is 3.19. The van der Waals surface area contributed by atoms with Gasteiger partial charge in [-0.3, -0.25) is 9.69 Å². The Labute approximate surface area is 124 Å². The first-order valence-electron chi connectivity index (χ1n) is 6.76. The van der Waals surface area contributed by atoms with Crippen molar-refractivity contribution in [1.82, 2.24) is 4.90 Å². The van der Waals surface area contributed by atoms with E-state index >= 15 is 0 Å². The maximum Gasteiger partial charge on any atom is 0.178 e. The number of ketones is 1. The summed E-state index contributed by atoms with van der Waals surface area (Å²) in [6.07, 6.45) is 6.24. The van der Waals surface area contributed by atoms with Crippen molar-refractivity contribution >= 4 is 29.0 Å². The molecule has 1 aliphatic carbocycles. The Morgan fingerprint density at radius 1 is 1.26 bits per heavy atom. The molecular weight excluding hydrogens is 281 g/mol. The van der Waals surface area contributed by atoms with Gasteiger partial charge in [-0.15, -0.1) is 0 Å². The van der Waals surface area contributed by atoms with Gasteiger partial charge in [0.15, 0.2) is 5.78 Å². The van der Waals surface area contributed by atoms with Gasteiger partial charge in [-0.25, -0.2) is 0 Å². The molecule has 0 saturated heterocycles. The van der Waals surface area contributed by atoms with E-state index in [1.165, 1.54) is 32.1 Å². The molecule has 19 heavy (non-hydrogen) atoms. The number of hydrogen-bond acceptors (Lipinski definition) is 2. The number of benzene rings is 1. The van der Waals surface area contributed by atoms with Gasteiger partial charge in [0.1, 0.15) is 0 Å². The lowest BCUT2D eigenvalue weighted by Crippen LogP contribution is -2.37. The van der Waals surface area contributed by atoms with Crippen LogP contribution in [0.3, 0.4) is 0 Å². The maximum atomic E-state index is 12.3. The van der Waals surface area contributed by atoms with Crippen molar-refractivity contribution in [2.24, 2.45) is 0 Å². The first-order valence-corrected chi connectivity index (χ1v) is 7.52. The third-order valence-corrected chi connectivity index (χ3v) is 4.37. The summed E-state index contributed by atoms with van der Waals surface area (Å²) in [4.78, 5) is 14.4. The first-order chi connectivity index (χ1) is 9.08. The molecular formula is C15H19Cl2NO. The number of carbonyl (C=O) groups excluding carboxylic acids is 1. The van der Waals surface area contributed by atoms with E-state index in [-0.39, 0.29) is 5.78 Å². The topological polar surface area (TPSA) is 20.3 Å². The summed E-state index contributed by atoms with van der Waals surface area (Å²) in [5, 5.41) is 0.997. The summed E-state index contributed by atoms with van der Waals surface area (Å²) >= 11 is 11.9. The minimum Gasteiger partial charge on any atom is -0.296 e. The molecule has 1 aliphatic rings. The molecule has 0 spiro atoms. The van der Waals surface area contributed by atoms with Gasteiger partial charge in [-0.1, -0.05) is 42.5 Å². The van der Waals surface area contributed by atoms with Crippen molar-refractivity contribution < 1.29 is 4.79 Å². The first kappa shape index (κ1) is 14.8. The normalized spacial score (nSPS) is 16.8. The van der Waals surface area contributed by atoms with Crippen LogP contribution in [0.2, 0.25) is 10.0 Å². The van der Waals surface area contributed by atoms with Gasteiger partial charge in [0, 0.05) is 16.6 Å². The van der Waals surface area contributed by atoms with Crippen LogP contribution in [-0.4, -0.2) is 30.3 Å². The number of carbonyl (C=O) groups is 1. The third kappa shape index (κ3) is 3.95. The number of hydrogen-bond donors (Lipinski definition) is 0. The summed E-state index contributed by atoms with van der Waals surface area (Å²) < 4.78 is 0. The summed E-state index contributed by atoms with van der Waals surface area (Å²) in [5.74, 6) is 0.0646. The zero-order valence-corrected chi connectivity index (χ0v) is 12.7. The lowest BCUT2D eigenvalue weighted by atomic mass is 9.94. The standard InChI is InChI=1S/C15H19Cl2NO/c1-18(12-5-3-2-4-6-12)10-15(19)13-8-7-11(16)9-14(13)17/h7-9,12H,2-6,10H2,1H3. The van der Waals surface area contributed by atoms with Gasteiger partial charge in [-0.2, -0.15) is 0 Å². The monoisotopic (exact) mass is 299 g/mol. The van der Waals surface area contributed by atoms with Crippen molar-refractivity contribution in [2.45, 2.75) is 38.1 Å². The molecule has 0 radical (unpaired) electrons. The van der Waals surface area contributed by atoms with Crippen molar-refractivity contribution in [3.05, 3.63) is 33.8 Å². The number of likely N-dealkylation sites (N-methyl/N-ethyl adjacent to an activating group) is 1. The van der Waals surface area contributed by atoms with Crippen molar-refractivity contribution in [1.29, 1.82) is 0 Å². The highest BCUT2D eigenvalue weighted by molar-refractivity contribution is 6.36. The zero-order chi connectivity index (χ0) is 13.8. The highest BCUT2D eigenvalue weighted by atomic mass is 35.5. The van der Waals surface area contributed by atoms with Crippen LogP contribution in [-0.2, 0) is 0 Å². The summed E-state index contributed by atoms with van der Waals surface area (Å²) in [6.45, 7) is 0.423. The molecule has 4 heteroatoms. The average Bonchev–Trinajstić information content (AvgIpc) is 2.39. The van der Waals surface area contributed by atoms with Crippen LogP contribution in [0.4, 0.5) is 0 Å². The molecule has 104 valence electrons. The number of nitrogens with zero attached hydrogens (tertiary/aromatic N) is 1. The van der Waals surface area contributed by atoms with Crippen molar-refractivity contribution in [2.75, 3.05) is 13.6 Å². The summed E-state index contributed by atoms with van der Waals surface area (Å²) in [5.41, 5.74) is 0.564. The second-order valence-corrected chi connectivity index (χ2v) is 6.10. The molecule has 0 heterocycles. The van der Waals surface area contributed by atoms with Crippen LogP contribution >= 0.6 is 23.2 Å². The highest BCUT2D eigenvalue weighted by Crippen LogP contribution is 2.24. The molecule has 0 N–H and O–H groups in total. The van der Waals surface area contributed by atoms with Gasteiger partial charge in [0.25, 0.3) is 0 Å². The fraction of sp³-hybridized carbons (Fsp3) is 0.533. The molecule has 2 nitrogen and oxygen atoms in total. The van der Waals surface area contributed by atoms with Gasteiger partial charge < -0.3 is 0 Å². The fourth-order valence-electron chi connectivity index (χ4n) is 2.68. The Morgan fingerprint density at radius 2 is 1.95 bits per heavy atom. The largest absolute Gasteiger partial charge is 0.296 e. The van der Waals surface area contributed by atoms with Gasteiger partial charge in [0.05, 0.1) is 11.6 Å². The van der Waals surface area contributed by atoms with E-state index in [2.05, 4.69) is 4.90 Å². The average molecular weight is 300 g/mol. The van der Waals surface area contributed by atoms with E-state index in [0.717, 1.165) is 0 Å². The third-order valence-electron chi connectivity index (χ3n) is 3.82. The Balaban J connectivity index is 1.99. The minimum absolute atomic E-state index is 0.0646. The van der Waals surface area contributed by atoms with Crippen LogP contribution in [0.15, 0.2) is 18.2 Å². The number of Topliss-reactive ketones (excluding diaryl/α,β-unsaturated/α-hetero) is 1. The molecule has 0 aliphatic heterocycles. The van der Waals surface area contributed by atoms with Crippen molar-refractivity contribution in [3.8, 4) is 0 Å². The molecule has 0 unspecified atom stereocenters. The molecule has 1 saturated carbocycles. The highest BCUT2D eigenvalue weighted by Gasteiger charge is 2.21. The minimum atomic E-state index is 0.0646. The Bertz CT molecular complexity index is 455. The van der Waals surface area contributed by atoms with Crippen LogP contribution < -0.4 is 0 Å². The molecule has 1 aromatic carbocycles. The predicted molar refractivity (Wildman–Crippen MR) is 80.3 cm³/mol. The second-order valence-electron chi connectivity index (χ2n) is 5.25. The van der Waals surface area contributed by atoms with Crippen LogP contribution in [0, 0.1) is 0 Å². The smallest absolute Gasteiger partial charge is 0.178 e. The molecule has 1 fully saturated rings. The zero-order valence-electron chi connectivity index (χ0n) is 11.2. The van der Waals surface area contributed by atoms with Crippen LogP contribution in [0.1, 0.15) is 42.5 Å². The molecule has 1 aromatic rings. The van der Waals surface area contributed by atoms with E-state index in [1.54, 1.807) is 18.2 Å². The molecule has 2 rings (SSSR count). The predicted octanol–water partition coefficient (Wildman–Crippen LogP) is 4.44. The summed E-state index contributed by atoms with van der Waals surface area (Å²) in [7, 11) is 2.03. The van der Waals surface area contributed by atoms with Crippen LogP contribution in [0.5, 0.6) is 0 Å². The summed E-state index contributed by atoms with van der Waals surface area (Å²) in [6, 6.07) is 5.57. The van der Waals surface area contributed by atoms with Crippen molar-refractivity contribution in [3.63, 3.8) is 0 Å². The number of rotatable bonds is 4. The van der Waals surface area contributed by atoms with Gasteiger partial charge >= 0.3 is 0 Å². The van der Waals surface area contributed by atoms with E-state index < -0.39 is 0 Å². The Kier molecular flexibility index (Phi) is 5.26. The van der Waals surface area contributed by atoms with Crippen LogP contribution in [0.25, 0.3) is 0 Å². The van der Waals surface area contributed by atoms with E-state index in [4.69, 9.17) is 23.2 Å². The Hall–Kier alpha value is -0.570. The molecule has 0 atom stereocenters. The lowest BCUT2D eigenvalue weighted by molar-refractivity contribution is 0.0900. The molecule has 0 amide bonds.